The topological polar surface area (TPSA) is 51.2 Å². The molecule has 0 aliphatic carbocycles. The Balaban J connectivity index is 2.76. The summed E-state index contributed by atoms with van der Waals surface area (Å²) in [5, 5.41) is 0. The molecule has 0 saturated heterocycles. The summed E-state index contributed by atoms with van der Waals surface area (Å²) in [5.41, 5.74) is 2.42. The van der Waals surface area contributed by atoms with E-state index in [9.17, 15) is 0 Å². The van der Waals surface area contributed by atoms with E-state index in [1.807, 2.05) is 0 Å². The van der Waals surface area contributed by atoms with E-state index < -0.39 is 0 Å². The Hall–Kier alpha value is -1.24. The lowest BCUT2D eigenvalue weighted by atomic mass is 10.2. The van der Waals surface area contributed by atoms with Gasteiger partial charge in [-0.15, -0.1) is 6.42 Å². The zero-order chi connectivity index (χ0) is 7.40. The molecule has 0 bridgehead atoms. The summed E-state index contributed by atoms with van der Waals surface area (Å²) in [7, 11) is 0. The molecule has 3 heteroatoms. The molecule has 1 aromatic heterocycles. The highest BCUT2D eigenvalue weighted by Crippen LogP contribution is 2.09. The van der Waals surface area contributed by atoms with Gasteiger partial charge in [0.2, 0.25) is 0 Å². The summed E-state index contributed by atoms with van der Waals surface area (Å²) in [5.74, 6) is 8.20. The van der Waals surface area contributed by atoms with Gasteiger partial charge in [0.25, 0.3) is 0 Å². The van der Waals surface area contributed by atoms with Crippen molar-refractivity contribution in [1.29, 1.82) is 0 Å². The Morgan fingerprint density at radius 2 is 2.60 bits per heavy atom. The number of rotatable bonds is 2. The van der Waals surface area contributed by atoms with Gasteiger partial charge in [0, 0.05) is 0 Å². The largest absolute Gasteiger partial charge is 0.467 e. The van der Waals surface area contributed by atoms with Crippen molar-refractivity contribution in [3.63, 3.8) is 0 Å². The van der Waals surface area contributed by atoms with E-state index in [1.165, 1.54) is 0 Å². The van der Waals surface area contributed by atoms with Gasteiger partial charge in [0.1, 0.15) is 11.8 Å². The summed E-state index contributed by atoms with van der Waals surface area (Å²) in [6.45, 7) is 0. The Labute approximate surface area is 59.2 Å². The Morgan fingerprint density at radius 3 is 3.00 bits per heavy atom. The predicted octanol–water partition coefficient (Wildman–Crippen LogP) is 0.417. The summed E-state index contributed by atoms with van der Waals surface area (Å²) in [6, 6.07) is 3.21. The van der Waals surface area contributed by atoms with Crippen LogP contribution in [0.5, 0.6) is 0 Å². The maximum atomic E-state index is 5.12. The van der Waals surface area contributed by atoms with Gasteiger partial charge in [0.15, 0.2) is 0 Å². The molecule has 10 heavy (non-hydrogen) atoms. The number of nitrogens with two attached hydrogens (primary N) is 1. The van der Waals surface area contributed by atoms with Crippen LogP contribution in [0.3, 0.4) is 0 Å². The van der Waals surface area contributed by atoms with Gasteiger partial charge in [-0.1, -0.05) is 5.92 Å². The first-order chi connectivity index (χ1) is 4.88. The van der Waals surface area contributed by atoms with Crippen molar-refractivity contribution < 1.29 is 4.42 Å². The number of hydrazine groups is 1. The van der Waals surface area contributed by atoms with Gasteiger partial charge >= 0.3 is 0 Å². The van der Waals surface area contributed by atoms with Crippen molar-refractivity contribution in [2.24, 2.45) is 5.84 Å². The van der Waals surface area contributed by atoms with Crippen LogP contribution in [-0.4, -0.2) is 0 Å². The molecule has 1 atom stereocenters. The quantitative estimate of drug-likeness (QED) is 0.352. The summed E-state index contributed by atoms with van der Waals surface area (Å²) in [6.07, 6.45) is 6.67. The van der Waals surface area contributed by atoms with Crippen molar-refractivity contribution >= 4 is 0 Å². The highest BCUT2D eigenvalue weighted by atomic mass is 16.3. The van der Waals surface area contributed by atoms with Crippen molar-refractivity contribution in [1.82, 2.24) is 5.43 Å². The Kier molecular flexibility index (Phi) is 2.11. The molecule has 1 rings (SSSR count). The molecule has 0 aliphatic heterocycles. The number of hydrogen-bond acceptors (Lipinski definition) is 3. The molecular formula is C7H8N2O. The molecule has 0 spiro atoms. The molecule has 3 nitrogen and oxygen atoms in total. The average molecular weight is 136 g/mol. The average Bonchev–Trinajstić information content (AvgIpc) is 2.43. The molecule has 0 fully saturated rings. The molecule has 3 N–H and O–H groups in total. The lowest BCUT2D eigenvalue weighted by Crippen LogP contribution is -2.26. The van der Waals surface area contributed by atoms with Gasteiger partial charge in [-0.3, -0.25) is 5.84 Å². The van der Waals surface area contributed by atoms with E-state index in [0.717, 1.165) is 0 Å². The van der Waals surface area contributed by atoms with E-state index in [4.69, 9.17) is 16.7 Å². The standard InChI is InChI=1S/C7H8N2O/c1-2-6(9-8)7-4-3-5-10-7/h1,3-6,9H,8H2. The highest BCUT2D eigenvalue weighted by molar-refractivity contribution is 5.14. The molecule has 1 heterocycles. The minimum Gasteiger partial charge on any atom is -0.467 e. The first-order valence-corrected chi connectivity index (χ1v) is 2.84. The predicted molar refractivity (Wildman–Crippen MR) is 37.6 cm³/mol. The molecule has 52 valence electrons. The minimum absolute atomic E-state index is 0.324. The van der Waals surface area contributed by atoms with Gasteiger partial charge in [0.05, 0.1) is 6.26 Å². The number of nitrogens with one attached hydrogen (secondary N) is 1. The second-order valence-corrected chi connectivity index (χ2v) is 1.78. The normalized spacial score (nSPS) is 12.4. The lowest BCUT2D eigenvalue weighted by Gasteiger charge is -2.03. The molecule has 0 saturated carbocycles. The molecule has 1 unspecified atom stereocenters. The van der Waals surface area contributed by atoms with E-state index in [-0.39, 0.29) is 6.04 Å². The van der Waals surface area contributed by atoms with Gasteiger partial charge in [-0.05, 0) is 12.1 Å². The third-order valence-corrected chi connectivity index (χ3v) is 1.16. The van der Waals surface area contributed by atoms with Crippen LogP contribution in [0.15, 0.2) is 22.8 Å². The van der Waals surface area contributed by atoms with Gasteiger partial charge in [-0.25, -0.2) is 5.43 Å². The van der Waals surface area contributed by atoms with Crippen LogP contribution in [-0.2, 0) is 0 Å². The fourth-order valence-electron chi connectivity index (χ4n) is 0.668. The summed E-state index contributed by atoms with van der Waals surface area (Å²) in [4.78, 5) is 0. The van der Waals surface area contributed by atoms with Crippen molar-refractivity contribution in [2.75, 3.05) is 0 Å². The Bertz CT molecular complexity index is 222. The summed E-state index contributed by atoms with van der Waals surface area (Å²) < 4.78 is 4.99. The zero-order valence-corrected chi connectivity index (χ0v) is 5.37. The van der Waals surface area contributed by atoms with Gasteiger partial charge < -0.3 is 4.42 Å². The van der Waals surface area contributed by atoms with E-state index in [1.54, 1.807) is 18.4 Å². The smallest absolute Gasteiger partial charge is 0.139 e. The minimum atomic E-state index is -0.324. The molecule has 1 aromatic rings. The molecule has 0 aromatic carbocycles. The first kappa shape index (κ1) is 6.87. The van der Waals surface area contributed by atoms with E-state index in [2.05, 4.69) is 11.3 Å². The number of furan rings is 1. The second kappa shape index (κ2) is 3.06. The number of terminal acetylenes is 1. The monoisotopic (exact) mass is 136 g/mol. The van der Waals surface area contributed by atoms with E-state index >= 15 is 0 Å². The highest BCUT2D eigenvalue weighted by Gasteiger charge is 2.06. The van der Waals surface area contributed by atoms with Crippen molar-refractivity contribution in [3.05, 3.63) is 24.2 Å². The molecular weight excluding hydrogens is 128 g/mol. The van der Waals surface area contributed by atoms with Gasteiger partial charge in [-0.2, -0.15) is 0 Å². The third kappa shape index (κ3) is 1.18. The van der Waals surface area contributed by atoms with Crippen molar-refractivity contribution in [3.8, 4) is 12.3 Å². The van der Waals surface area contributed by atoms with Crippen LogP contribution in [0, 0.1) is 12.3 Å². The van der Waals surface area contributed by atoms with Crippen molar-refractivity contribution in [2.45, 2.75) is 6.04 Å². The maximum Gasteiger partial charge on any atom is 0.139 e. The third-order valence-electron chi connectivity index (χ3n) is 1.16. The number of hydrogen-bond donors (Lipinski definition) is 2. The van der Waals surface area contributed by atoms with Crippen LogP contribution in [0.4, 0.5) is 0 Å². The van der Waals surface area contributed by atoms with Crippen LogP contribution < -0.4 is 11.3 Å². The molecule has 0 aliphatic rings. The fourth-order valence-corrected chi connectivity index (χ4v) is 0.668. The maximum absolute atomic E-state index is 5.12. The van der Waals surface area contributed by atoms with E-state index in [0.29, 0.717) is 5.76 Å². The SMILES string of the molecule is C#CC(NN)c1ccco1. The zero-order valence-electron chi connectivity index (χ0n) is 5.37. The Morgan fingerprint density at radius 1 is 1.80 bits per heavy atom. The summed E-state index contributed by atoms with van der Waals surface area (Å²) >= 11 is 0. The fraction of sp³-hybridized carbons (Fsp3) is 0.143. The second-order valence-electron chi connectivity index (χ2n) is 1.78. The van der Waals surface area contributed by atoms with Crippen LogP contribution in [0.1, 0.15) is 11.8 Å². The van der Waals surface area contributed by atoms with Crippen LogP contribution in [0.25, 0.3) is 0 Å². The molecule has 0 radical (unpaired) electrons. The lowest BCUT2D eigenvalue weighted by molar-refractivity contribution is 0.465. The van der Waals surface area contributed by atoms with Crippen LogP contribution >= 0.6 is 0 Å². The first-order valence-electron chi connectivity index (χ1n) is 2.84. The van der Waals surface area contributed by atoms with Crippen LogP contribution in [0.2, 0.25) is 0 Å². The molecule has 0 amide bonds.